The van der Waals surface area contributed by atoms with Crippen molar-refractivity contribution in [2.24, 2.45) is 11.3 Å². The van der Waals surface area contributed by atoms with Crippen molar-refractivity contribution in [3.8, 4) is 0 Å². The van der Waals surface area contributed by atoms with E-state index < -0.39 is 48.5 Å². The molecule has 1 aliphatic heterocycles. The molecule has 0 unspecified atom stereocenters. The van der Waals surface area contributed by atoms with Crippen LogP contribution in [0.2, 0.25) is 0 Å². The maximum Gasteiger partial charge on any atom is 0.326 e. The van der Waals surface area contributed by atoms with Gasteiger partial charge in [0.15, 0.2) is 6.61 Å². The minimum absolute atomic E-state index is 0.0517. The van der Waals surface area contributed by atoms with Crippen LogP contribution in [-0.2, 0) is 19.1 Å². The Morgan fingerprint density at radius 1 is 1.09 bits per heavy atom. The minimum atomic E-state index is -0.963. The maximum atomic E-state index is 12.9. The van der Waals surface area contributed by atoms with Crippen LogP contribution in [-0.4, -0.2) is 59.5 Å². The van der Waals surface area contributed by atoms with Crippen LogP contribution < -0.4 is 16.0 Å². The van der Waals surface area contributed by atoms with E-state index in [-0.39, 0.29) is 11.5 Å². The van der Waals surface area contributed by atoms with E-state index in [2.05, 4.69) is 36.7 Å². The second-order valence-electron chi connectivity index (χ2n) is 10.2. The summed E-state index contributed by atoms with van der Waals surface area (Å²) in [5.74, 6) is -1.63. The summed E-state index contributed by atoms with van der Waals surface area (Å²) >= 11 is 0. The van der Waals surface area contributed by atoms with E-state index in [4.69, 9.17) is 4.74 Å². The summed E-state index contributed by atoms with van der Waals surface area (Å²) in [5.41, 5.74) is -0.833. The number of carbonyl (C=O) groups excluding carboxylic acids is 5. The Kier molecular flexibility index (Phi) is 7.09. The zero-order chi connectivity index (χ0) is 23.5. The molecule has 0 radical (unpaired) electrons. The molecule has 1 spiro atoms. The second-order valence-corrected chi connectivity index (χ2v) is 10.2. The van der Waals surface area contributed by atoms with Crippen LogP contribution in [0.4, 0.5) is 9.59 Å². The monoisotopic (exact) mass is 450 g/mol. The number of nitrogens with zero attached hydrogens (tertiary/aromatic N) is 1. The normalized spacial score (nSPS) is 26.2. The molecule has 0 bridgehead atoms. The van der Waals surface area contributed by atoms with Gasteiger partial charge in [-0.15, -0.1) is 0 Å². The molecule has 0 aromatic heterocycles. The van der Waals surface area contributed by atoms with Crippen molar-refractivity contribution in [1.29, 1.82) is 0 Å². The molecular formula is C22H34N4O6. The first-order valence-corrected chi connectivity index (χ1v) is 11.4. The van der Waals surface area contributed by atoms with Crippen molar-refractivity contribution in [3.05, 3.63) is 0 Å². The number of nitrogens with one attached hydrogen (secondary N) is 3. The van der Waals surface area contributed by atoms with Crippen LogP contribution in [0.3, 0.4) is 0 Å². The number of carbonyl (C=O) groups is 5. The Hall–Kier alpha value is -2.65. The highest BCUT2D eigenvalue weighted by Crippen LogP contribution is 2.43. The topological polar surface area (TPSA) is 134 Å². The molecule has 10 heteroatoms. The van der Waals surface area contributed by atoms with Gasteiger partial charge < -0.3 is 15.4 Å². The molecule has 32 heavy (non-hydrogen) atoms. The number of hydrogen-bond donors (Lipinski definition) is 3. The number of urea groups is 2. The van der Waals surface area contributed by atoms with Crippen molar-refractivity contribution in [3.63, 3.8) is 0 Å². The third-order valence-electron chi connectivity index (χ3n) is 6.90. The van der Waals surface area contributed by atoms with E-state index >= 15 is 0 Å². The lowest BCUT2D eigenvalue weighted by molar-refractivity contribution is -0.151. The first-order chi connectivity index (χ1) is 15.0. The van der Waals surface area contributed by atoms with E-state index in [1.165, 1.54) is 0 Å². The standard InChI is InChI=1S/C22H34N4O6/c1-21(2,3)14-8-10-22(11-9-14)18(29)26(20(31)25-22)12-17(28)32-13-16(27)24-19(30)23-15-6-4-5-7-15/h14-15H,4-13H2,1-3H3,(H,25,31)(H2,23,24,27,30). The van der Waals surface area contributed by atoms with Gasteiger partial charge in [-0.3, -0.25) is 24.6 Å². The number of amides is 6. The summed E-state index contributed by atoms with van der Waals surface area (Å²) in [6.45, 7) is 5.26. The van der Waals surface area contributed by atoms with Gasteiger partial charge >= 0.3 is 18.0 Å². The third-order valence-corrected chi connectivity index (χ3v) is 6.90. The van der Waals surface area contributed by atoms with Gasteiger partial charge in [0.05, 0.1) is 0 Å². The molecule has 2 aliphatic carbocycles. The van der Waals surface area contributed by atoms with Gasteiger partial charge in [-0.2, -0.15) is 0 Å². The molecule has 3 N–H and O–H groups in total. The zero-order valence-corrected chi connectivity index (χ0v) is 19.1. The van der Waals surface area contributed by atoms with Gasteiger partial charge in [0.1, 0.15) is 12.1 Å². The predicted octanol–water partition coefficient (Wildman–Crippen LogP) is 1.82. The van der Waals surface area contributed by atoms with Crippen molar-refractivity contribution < 1.29 is 28.7 Å². The molecule has 1 saturated heterocycles. The maximum absolute atomic E-state index is 12.9. The van der Waals surface area contributed by atoms with Crippen LogP contribution >= 0.6 is 0 Å². The van der Waals surface area contributed by atoms with Gasteiger partial charge in [0.2, 0.25) is 0 Å². The van der Waals surface area contributed by atoms with E-state index in [0.717, 1.165) is 43.4 Å². The van der Waals surface area contributed by atoms with Crippen molar-refractivity contribution in [1.82, 2.24) is 20.9 Å². The molecule has 3 fully saturated rings. The Morgan fingerprint density at radius 3 is 2.31 bits per heavy atom. The number of rotatable bonds is 5. The summed E-state index contributed by atoms with van der Waals surface area (Å²) in [5, 5.41) is 7.58. The van der Waals surface area contributed by atoms with Crippen molar-refractivity contribution in [2.45, 2.75) is 83.7 Å². The quantitative estimate of drug-likeness (QED) is 0.432. The average molecular weight is 451 g/mol. The third kappa shape index (κ3) is 5.58. The summed E-state index contributed by atoms with van der Waals surface area (Å²) < 4.78 is 4.87. The van der Waals surface area contributed by atoms with Crippen molar-refractivity contribution >= 4 is 29.8 Å². The highest BCUT2D eigenvalue weighted by molar-refractivity contribution is 6.08. The summed E-state index contributed by atoms with van der Waals surface area (Å²) in [6, 6.07) is -1.20. The Balaban J connectivity index is 1.44. The lowest BCUT2D eigenvalue weighted by Gasteiger charge is -2.40. The number of ether oxygens (including phenoxy) is 1. The highest BCUT2D eigenvalue weighted by atomic mass is 16.5. The number of hydrogen-bond acceptors (Lipinski definition) is 6. The molecule has 2 saturated carbocycles. The lowest BCUT2D eigenvalue weighted by Crippen LogP contribution is -2.50. The van der Waals surface area contributed by atoms with Gasteiger partial charge in [0.25, 0.3) is 11.8 Å². The molecule has 10 nitrogen and oxygen atoms in total. The van der Waals surface area contributed by atoms with Crippen LogP contribution in [0, 0.1) is 11.3 Å². The zero-order valence-electron chi connectivity index (χ0n) is 19.1. The second kappa shape index (κ2) is 9.46. The number of esters is 1. The Morgan fingerprint density at radius 2 is 1.72 bits per heavy atom. The molecule has 0 aromatic rings. The average Bonchev–Trinajstić information content (AvgIpc) is 3.29. The van der Waals surface area contributed by atoms with Crippen LogP contribution in [0.25, 0.3) is 0 Å². The fourth-order valence-corrected chi connectivity index (χ4v) is 4.91. The lowest BCUT2D eigenvalue weighted by atomic mass is 9.67. The smallest absolute Gasteiger partial charge is 0.326 e. The first-order valence-electron chi connectivity index (χ1n) is 11.4. The van der Waals surface area contributed by atoms with E-state index in [9.17, 15) is 24.0 Å². The minimum Gasteiger partial charge on any atom is -0.454 e. The van der Waals surface area contributed by atoms with Gasteiger partial charge in [-0.05, 0) is 49.9 Å². The summed E-state index contributed by atoms with van der Waals surface area (Å²) in [6.07, 6.45) is 6.53. The summed E-state index contributed by atoms with van der Waals surface area (Å²) in [7, 11) is 0. The molecular weight excluding hydrogens is 416 g/mol. The van der Waals surface area contributed by atoms with E-state index in [0.29, 0.717) is 18.8 Å². The largest absolute Gasteiger partial charge is 0.454 e. The Labute approximate surface area is 188 Å². The van der Waals surface area contributed by atoms with Gasteiger partial charge in [-0.25, -0.2) is 9.59 Å². The van der Waals surface area contributed by atoms with Crippen molar-refractivity contribution in [2.75, 3.05) is 13.2 Å². The van der Waals surface area contributed by atoms with E-state index in [1.54, 1.807) is 0 Å². The van der Waals surface area contributed by atoms with Crippen LogP contribution in [0.5, 0.6) is 0 Å². The highest BCUT2D eigenvalue weighted by Gasteiger charge is 2.53. The molecule has 178 valence electrons. The molecule has 6 amide bonds. The van der Waals surface area contributed by atoms with E-state index in [1.807, 2.05) is 0 Å². The fourth-order valence-electron chi connectivity index (χ4n) is 4.91. The first kappa shape index (κ1) is 24.0. The van der Waals surface area contributed by atoms with Crippen LogP contribution in [0.15, 0.2) is 0 Å². The Bertz CT molecular complexity index is 776. The SMILES string of the molecule is CC(C)(C)C1CCC2(CC1)NC(=O)N(CC(=O)OCC(=O)NC(=O)NC1CCCC1)C2=O. The molecule has 3 rings (SSSR count). The predicted molar refractivity (Wildman–Crippen MR) is 114 cm³/mol. The number of imide groups is 2. The molecule has 3 aliphatic rings. The molecule has 0 aromatic carbocycles. The van der Waals surface area contributed by atoms with Gasteiger partial charge in [0, 0.05) is 6.04 Å². The molecule has 0 atom stereocenters. The van der Waals surface area contributed by atoms with Crippen LogP contribution in [0.1, 0.15) is 72.1 Å². The van der Waals surface area contributed by atoms with Gasteiger partial charge in [-0.1, -0.05) is 33.6 Å². The fraction of sp³-hybridized carbons (Fsp3) is 0.773. The molecule has 1 heterocycles. The summed E-state index contributed by atoms with van der Waals surface area (Å²) in [4.78, 5) is 61.9.